The Morgan fingerprint density at radius 3 is 2.68 bits per heavy atom. The van der Waals surface area contributed by atoms with Gasteiger partial charge in [0.05, 0.1) is 7.11 Å². The van der Waals surface area contributed by atoms with E-state index in [1.54, 1.807) is 13.3 Å². The van der Waals surface area contributed by atoms with Gasteiger partial charge in [0.25, 0.3) is 0 Å². The Bertz CT molecular complexity index is 695. The maximum Gasteiger partial charge on any atom is 0.161 e. The van der Waals surface area contributed by atoms with Gasteiger partial charge in [0.1, 0.15) is 12.7 Å². The number of hydrogen-bond acceptors (Lipinski definition) is 6. The van der Waals surface area contributed by atoms with Crippen LogP contribution in [-0.4, -0.2) is 61.0 Å². The highest BCUT2D eigenvalue weighted by Gasteiger charge is 2.13. The largest absolute Gasteiger partial charge is 0.493 e. The zero-order valence-corrected chi connectivity index (χ0v) is 17.4. The molecular formula is C22H33N3O3. The van der Waals surface area contributed by atoms with Crippen LogP contribution in [0.3, 0.4) is 0 Å². The number of pyridine rings is 1. The number of likely N-dealkylation sites (N-methyl/N-ethyl adjacent to an activating group) is 1. The Hall–Kier alpha value is -2.15. The highest BCUT2D eigenvalue weighted by atomic mass is 16.5. The van der Waals surface area contributed by atoms with Crippen LogP contribution in [0.5, 0.6) is 11.5 Å². The summed E-state index contributed by atoms with van der Waals surface area (Å²) < 4.78 is 11.2. The summed E-state index contributed by atoms with van der Waals surface area (Å²) in [6.07, 6.45) is 4.07. The number of methoxy groups -OCH3 is 1. The topological polar surface area (TPSA) is 66.8 Å². The second-order valence-electron chi connectivity index (χ2n) is 7.27. The van der Waals surface area contributed by atoms with Crippen molar-refractivity contribution in [1.82, 2.24) is 15.2 Å². The molecule has 2 aromatic rings. The first-order chi connectivity index (χ1) is 13.5. The van der Waals surface area contributed by atoms with Crippen molar-refractivity contribution < 1.29 is 14.6 Å². The van der Waals surface area contributed by atoms with E-state index in [9.17, 15) is 5.11 Å². The molecule has 0 saturated heterocycles. The molecule has 0 radical (unpaired) electrons. The van der Waals surface area contributed by atoms with Gasteiger partial charge < -0.3 is 24.8 Å². The SMILES string of the molecule is COc1cc(CNCCc2cccnc2)ccc1OC[C@H](O)CN(C)C(C)C. The fourth-order valence-electron chi connectivity index (χ4n) is 2.73. The summed E-state index contributed by atoms with van der Waals surface area (Å²) in [6, 6.07) is 10.3. The van der Waals surface area contributed by atoms with Crippen molar-refractivity contribution in [3.8, 4) is 11.5 Å². The lowest BCUT2D eigenvalue weighted by atomic mass is 10.2. The third-order valence-electron chi connectivity index (χ3n) is 4.68. The van der Waals surface area contributed by atoms with Crippen LogP contribution in [0, 0.1) is 0 Å². The minimum atomic E-state index is -0.550. The molecule has 6 heteroatoms. The van der Waals surface area contributed by atoms with E-state index in [0.717, 1.165) is 25.1 Å². The molecule has 6 nitrogen and oxygen atoms in total. The standard InChI is InChI=1S/C22H33N3O3/c1-17(2)25(3)15-20(26)16-28-21-8-7-19(12-22(21)27-4)14-24-11-9-18-6-5-10-23-13-18/h5-8,10,12-13,17,20,24,26H,9,11,14-16H2,1-4H3/t20-/m1/s1. The predicted molar refractivity (Wildman–Crippen MR) is 112 cm³/mol. The van der Waals surface area contributed by atoms with Gasteiger partial charge in [-0.1, -0.05) is 12.1 Å². The van der Waals surface area contributed by atoms with Crippen molar-refractivity contribution in [2.75, 3.05) is 33.9 Å². The second-order valence-corrected chi connectivity index (χ2v) is 7.27. The molecule has 0 spiro atoms. The van der Waals surface area contributed by atoms with Gasteiger partial charge >= 0.3 is 0 Å². The molecule has 0 aliphatic rings. The quantitative estimate of drug-likeness (QED) is 0.546. The van der Waals surface area contributed by atoms with Gasteiger partial charge in [0, 0.05) is 31.5 Å². The number of nitrogens with one attached hydrogen (secondary N) is 1. The summed E-state index contributed by atoms with van der Waals surface area (Å²) in [5, 5.41) is 13.6. The van der Waals surface area contributed by atoms with Crippen LogP contribution >= 0.6 is 0 Å². The second kappa shape index (κ2) is 11.6. The zero-order valence-electron chi connectivity index (χ0n) is 17.4. The Balaban J connectivity index is 1.80. The van der Waals surface area contributed by atoms with Gasteiger partial charge in [-0.25, -0.2) is 0 Å². The molecule has 2 rings (SSSR count). The number of rotatable bonds is 12. The lowest BCUT2D eigenvalue weighted by molar-refractivity contribution is 0.0668. The average molecular weight is 388 g/mol. The van der Waals surface area contributed by atoms with E-state index >= 15 is 0 Å². The summed E-state index contributed by atoms with van der Waals surface area (Å²) in [5.74, 6) is 1.32. The van der Waals surface area contributed by atoms with Crippen LogP contribution in [0.15, 0.2) is 42.7 Å². The average Bonchev–Trinajstić information content (AvgIpc) is 2.70. The van der Waals surface area contributed by atoms with Gasteiger partial charge in [-0.15, -0.1) is 0 Å². The van der Waals surface area contributed by atoms with E-state index in [-0.39, 0.29) is 6.61 Å². The van der Waals surface area contributed by atoms with Crippen LogP contribution in [0.4, 0.5) is 0 Å². The summed E-state index contributed by atoms with van der Waals surface area (Å²) in [7, 11) is 3.62. The fourth-order valence-corrected chi connectivity index (χ4v) is 2.73. The van der Waals surface area contributed by atoms with Crippen molar-refractivity contribution in [2.24, 2.45) is 0 Å². The third kappa shape index (κ3) is 7.46. The normalized spacial score (nSPS) is 12.4. The molecule has 1 heterocycles. The van der Waals surface area contributed by atoms with Gasteiger partial charge in [-0.05, 0) is 63.2 Å². The molecule has 0 bridgehead atoms. The highest BCUT2D eigenvalue weighted by molar-refractivity contribution is 5.43. The van der Waals surface area contributed by atoms with E-state index in [1.165, 1.54) is 5.56 Å². The van der Waals surface area contributed by atoms with E-state index < -0.39 is 6.10 Å². The monoisotopic (exact) mass is 387 g/mol. The molecule has 0 saturated carbocycles. The van der Waals surface area contributed by atoms with E-state index in [4.69, 9.17) is 9.47 Å². The van der Waals surface area contributed by atoms with E-state index in [0.29, 0.717) is 24.1 Å². The molecule has 0 amide bonds. The molecular weight excluding hydrogens is 354 g/mol. The molecule has 0 unspecified atom stereocenters. The fraction of sp³-hybridized carbons (Fsp3) is 0.500. The van der Waals surface area contributed by atoms with Crippen LogP contribution in [-0.2, 0) is 13.0 Å². The van der Waals surface area contributed by atoms with Crippen LogP contribution in [0.25, 0.3) is 0 Å². The molecule has 0 fully saturated rings. The molecule has 1 atom stereocenters. The first kappa shape index (κ1) is 22.1. The third-order valence-corrected chi connectivity index (χ3v) is 4.68. The number of nitrogens with zero attached hydrogens (tertiary/aromatic N) is 2. The van der Waals surface area contributed by atoms with Gasteiger partial charge in [-0.3, -0.25) is 4.98 Å². The zero-order chi connectivity index (χ0) is 20.4. The van der Waals surface area contributed by atoms with Gasteiger partial charge in [0.2, 0.25) is 0 Å². The Kier molecular flexibility index (Phi) is 9.20. The van der Waals surface area contributed by atoms with Crippen LogP contribution < -0.4 is 14.8 Å². The number of hydrogen-bond donors (Lipinski definition) is 2. The van der Waals surface area contributed by atoms with Crippen molar-refractivity contribution in [3.05, 3.63) is 53.9 Å². The predicted octanol–water partition coefficient (Wildman–Crippen LogP) is 2.50. The molecule has 28 heavy (non-hydrogen) atoms. The lowest BCUT2D eigenvalue weighted by Gasteiger charge is -2.24. The molecule has 1 aromatic carbocycles. The smallest absolute Gasteiger partial charge is 0.161 e. The van der Waals surface area contributed by atoms with Gasteiger partial charge in [-0.2, -0.15) is 0 Å². The van der Waals surface area contributed by atoms with Crippen molar-refractivity contribution in [2.45, 2.75) is 39.0 Å². The Morgan fingerprint density at radius 2 is 2.00 bits per heavy atom. The van der Waals surface area contributed by atoms with Crippen molar-refractivity contribution >= 4 is 0 Å². The van der Waals surface area contributed by atoms with Gasteiger partial charge in [0.15, 0.2) is 11.5 Å². The first-order valence-corrected chi connectivity index (χ1v) is 9.77. The number of ether oxygens (including phenoxy) is 2. The summed E-state index contributed by atoms with van der Waals surface area (Å²) >= 11 is 0. The maximum absolute atomic E-state index is 10.2. The molecule has 0 aliphatic heterocycles. The molecule has 154 valence electrons. The number of aliphatic hydroxyl groups is 1. The summed E-state index contributed by atoms with van der Waals surface area (Å²) in [5.41, 5.74) is 2.34. The van der Waals surface area contributed by atoms with Crippen molar-refractivity contribution in [1.29, 1.82) is 0 Å². The number of benzene rings is 1. The van der Waals surface area contributed by atoms with Crippen molar-refractivity contribution in [3.63, 3.8) is 0 Å². The molecule has 0 aliphatic carbocycles. The van der Waals surface area contributed by atoms with E-state index in [1.807, 2.05) is 37.5 Å². The van der Waals surface area contributed by atoms with E-state index in [2.05, 4.69) is 35.1 Å². The Labute approximate surface area is 168 Å². The number of aliphatic hydroxyl groups excluding tert-OH is 1. The Morgan fingerprint density at radius 1 is 1.18 bits per heavy atom. The lowest BCUT2D eigenvalue weighted by Crippen LogP contribution is -2.36. The maximum atomic E-state index is 10.2. The van der Waals surface area contributed by atoms with Crippen LogP contribution in [0.2, 0.25) is 0 Å². The minimum Gasteiger partial charge on any atom is -0.493 e. The molecule has 2 N–H and O–H groups in total. The number of aromatic nitrogens is 1. The molecule has 1 aromatic heterocycles. The highest BCUT2D eigenvalue weighted by Crippen LogP contribution is 2.28. The summed E-state index contributed by atoms with van der Waals surface area (Å²) in [4.78, 5) is 6.22. The first-order valence-electron chi connectivity index (χ1n) is 9.77. The minimum absolute atomic E-state index is 0.232. The van der Waals surface area contributed by atoms with Crippen LogP contribution in [0.1, 0.15) is 25.0 Å². The summed E-state index contributed by atoms with van der Waals surface area (Å²) in [6.45, 7) is 6.62.